The van der Waals surface area contributed by atoms with Gasteiger partial charge >= 0.3 is 24.1 Å². The standard InChI is InChI=1S/C30H30N2O10/c1-3-26(33)39-16-14-31-29(35)41-24-20-25(38-19-18-37-21-10-6-5-7-11-21)28(23-13-9-8-12-22(23)24)42-30(36)32-15-17-40-27(34)4-2/h3-13,20H,1-2,14-19H2,(H,31,35)(H,32,36). The summed E-state index contributed by atoms with van der Waals surface area (Å²) in [6.45, 7) is 6.65. The number of ether oxygens (including phenoxy) is 6. The van der Waals surface area contributed by atoms with Crippen LogP contribution >= 0.6 is 0 Å². The number of benzene rings is 3. The molecule has 0 unspecified atom stereocenters. The molecule has 0 heterocycles. The van der Waals surface area contributed by atoms with Crippen LogP contribution in [0.4, 0.5) is 9.59 Å². The Hall–Kier alpha value is -5.52. The Kier molecular flexibility index (Phi) is 12.2. The van der Waals surface area contributed by atoms with Gasteiger partial charge in [0.2, 0.25) is 0 Å². The molecule has 0 aliphatic heterocycles. The van der Waals surface area contributed by atoms with Gasteiger partial charge in [0.1, 0.15) is 37.9 Å². The van der Waals surface area contributed by atoms with Crippen molar-refractivity contribution in [2.45, 2.75) is 0 Å². The first-order valence-corrected chi connectivity index (χ1v) is 12.8. The molecule has 0 aliphatic rings. The first kappa shape index (κ1) is 31.0. The number of para-hydroxylation sites is 1. The van der Waals surface area contributed by atoms with Gasteiger partial charge in [-0.2, -0.15) is 0 Å². The Morgan fingerprint density at radius 1 is 0.643 bits per heavy atom. The third-order valence-corrected chi connectivity index (χ3v) is 5.24. The SMILES string of the molecule is C=CC(=O)OCCNC(=O)Oc1cc(OCCOc2ccccc2)c(OC(=O)NCCOC(=O)C=C)c2ccccc12. The van der Waals surface area contributed by atoms with Crippen molar-refractivity contribution >= 4 is 34.9 Å². The Balaban J connectivity index is 1.77. The van der Waals surface area contributed by atoms with Crippen molar-refractivity contribution in [3.05, 3.63) is 86.0 Å². The molecule has 42 heavy (non-hydrogen) atoms. The van der Waals surface area contributed by atoms with Crippen LogP contribution in [0.3, 0.4) is 0 Å². The number of hydrogen-bond donors (Lipinski definition) is 2. The zero-order chi connectivity index (χ0) is 30.2. The fourth-order valence-corrected chi connectivity index (χ4v) is 3.41. The molecule has 2 amide bonds. The van der Waals surface area contributed by atoms with Crippen LogP contribution in [0, 0.1) is 0 Å². The molecule has 12 nitrogen and oxygen atoms in total. The summed E-state index contributed by atoms with van der Waals surface area (Å²) in [5.41, 5.74) is 0. The summed E-state index contributed by atoms with van der Waals surface area (Å²) in [7, 11) is 0. The Labute approximate surface area is 241 Å². The van der Waals surface area contributed by atoms with Crippen LogP contribution < -0.4 is 29.6 Å². The van der Waals surface area contributed by atoms with Crippen LogP contribution in [0.25, 0.3) is 10.8 Å². The third kappa shape index (κ3) is 9.90. The zero-order valence-corrected chi connectivity index (χ0v) is 22.7. The van der Waals surface area contributed by atoms with Crippen molar-refractivity contribution in [3.8, 4) is 23.0 Å². The Bertz CT molecular complexity index is 1410. The Morgan fingerprint density at radius 3 is 1.81 bits per heavy atom. The van der Waals surface area contributed by atoms with Gasteiger partial charge in [-0.3, -0.25) is 0 Å². The molecule has 3 rings (SSSR count). The van der Waals surface area contributed by atoms with Crippen LogP contribution in [0.5, 0.6) is 23.0 Å². The van der Waals surface area contributed by atoms with Gasteiger partial charge in [-0.05, 0) is 12.1 Å². The van der Waals surface area contributed by atoms with Crippen LogP contribution in [-0.4, -0.2) is 63.6 Å². The second-order valence-electron chi connectivity index (χ2n) is 8.13. The lowest BCUT2D eigenvalue weighted by atomic mass is 10.1. The first-order chi connectivity index (χ1) is 20.4. The number of carbonyl (C=O) groups is 4. The van der Waals surface area contributed by atoms with E-state index in [1.807, 2.05) is 18.2 Å². The molecule has 0 saturated heterocycles. The van der Waals surface area contributed by atoms with E-state index in [9.17, 15) is 19.2 Å². The van der Waals surface area contributed by atoms with Gasteiger partial charge in [-0.15, -0.1) is 0 Å². The van der Waals surface area contributed by atoms with Gasteiger partial charge in [0.25, 0.3) is 0 Å². The molecule has 3 aromatic rings. The molecule has 0 atom stereocenters. The van der Waals surface area contributed by atoms with Crippen LogP contribution in [0.1, 0.15) is 0 Å². The summed E-state index contributed by atoms with van der Waals surface area (Å²) < 4.78 is 32.4. The van der Waals surface area contributed by atoms with Crippen LogP contribution in [-0.2, 0) is 19.1 Å². The van der Waals surface area contributed by atoms with E-state index < -0.39 is 24.1 Å². The van der Waals surface area contributed by atoms with Gasteiger partial charge in [0.15, 0.2) is 11.5 Å². The minimum absolute atomic E-state index is 0.00000451. The van der Waals surface area contributed by atoms with E-state index in [1.54, 1.807) is 36.4 Å². The predicted molar refractivity (Wildman–Crippen MR) is 152 cm³/mol. The van der Waals surface area contributed by atoms with Crippen molar-refractivity contribution in [2.75, 3.05) is 39.5 Å². The maximum Gasteiger partial charge on any atom is 0.412 e. The molecular formula is C30H30N2O10. The number of carbonyl (C=O) groups excluding carboxylic acids is 4. The third-order valence-electron chi connectivity index (χ3n) is 5.24. The van der Waals surface area contributed by atoms with E-state index in [-0.39, 0.29) is 56.8 Å². The molecule has 0 spiro atoms. The van der Waals surface area contributed by atoms with E-state index in [0.717, 1.165) is 12.2 Å². The van der Waals surface area contributed by atoms with Gasteiger partial charge in [0.05, 0.1) is 13.1 Å². The minimum Gasteiger partial charge on any atom is -0.490 e. The Morgan fingerprint density at radius 2 is 1.19 bits per heavy atom. The van der Waals surface area contributed by atoms with E-state index >= 15 is 0 Å². The molecule has 0 radical (unpaired) electrons. The number of nitrogens with one attached hydrogen (secondary N) is 2. The highest BCUT2D eigenvalue weighted by atomic mass is 16.6. The molecule has 0 bridgehead atoms. The second kappa shape index (κ2) is 16.6. The molecule has 0 aliphatic carbocycles. The van der Waals surface area contributed by atoms with Crippen molar-refractivity contribution in [3.63, 3.8) is 0 Å². The molecule has 2 N–H and O–H groups in total. The smallest absolute Gasteiger partial charge is 0.412 e. The van der Waals surface area contributed by atoms with E-state index in [4.69, 9.17) is 28.4 Å². The maximum atomic E-state index is 12.6. The van der Waals surface area contributed by atoms with Gasteiger partial charge in [-0.25, -0.2) is 19.2 Å². The van der Waals surface area contributed by atoms with Crippen LogP contribution in [0.2, 0.25) is 0 Å². The van der Waals surface area contributed by atoms with Crippen molar-refractivity contribution in [2.24, 2.45) is 0 Å². The fraction of sp³-hybridized carbons (Fsp3) is 0.200. The minimum atomic E-state index is -0.833. The first-order valence-electron chi connectivity index (χ1n) is 12.8. The lowest BCUT2D eigenvalue weighted by molar-refractivity contribution is -0.138. The number of esters is 2. The van der Waals surface area contributed by atoms with E-state index in [0.29, 0.717) is 16.5 Å². The summed E-state index contributed by atoms with van der Waals surface area (Å²) in [4.78, 5) is 47.5. The van der Waals surface area contributed by atoms with Crippen molar-refractivity contribution in [1.29, 1.82) is 0 Å². The van der Waals surface area contributed by atoms with E-state index in [2.05, 4.69) is 23.8 Å². The summed E-state index contributed by atoms with van der Waals surface area (Å²) in [5, 5.41) is 5.83. The summed E-state index contributed by atoms with van der Waals surface area (Å²) in [6, 6.07) is 17.3. The molecular weight excluding hydrogens is 548 g/mol. The summed E-state index contributed by atoms with van der Waals surface area (Å²) in [5.74, 6) is -0.314. The summed E-state index contributed by atoms with van der Waals surface area (Å²) in [6.07, 6.45) is 0.379. The molecule has 12 heteroatoms. The largest absolute Gasteiger partial charge is 0.490 e. The molecule has 3 aromatic carbocycles. The predicted octanol–water partition coefficient (Wildman–Crippen LogP) is 3.93. The average molecular weight is 579 g/mol. The van der Waals surface area contributed by atoms with Crippen molar-refractivity contribution in [1.82, 2.24) is 10.6 Å². The van der Waals surface area contributed by atoms with E-state index in [1.165, 1.54) is 6.07 Å². The average Bonchev–Trinajstić information content (AvgIpc) is 3.01. The quantitative estimate of drug-likeness (QED) is 0.154. The lowest BCUT2D eigenvalue weighted by Crippen LogP contribution is -2.31. The molecule has 0 fully saturated rings. The zero-order valence-electron chi connectivity index (χ0n) is 22.7. The highest BCUT2D eigenvalue weighted by Gasteiger charge is 2.20. The number of fused-ring (bicyclic) bond motifs is 1. The molecule has 0 saturated carbocycles. The highest BCUT2D eigenvalue weighted by Crippen LogP contribution is 2.42. The molecule has 220 valence electrons. The van der Waals surface area contributed by atoms with Crippen molar-refractivity contribution < 1.29 is 47.6 Å². The van der Waals surface area contributed by atoms with Gasteiger partial charge < -0.3 is 39.1 Å². The lowest BCUT2D eigenvalue weighted by Gasteiger charge is -2.17. The molecule has 0 aromatic heterocycles. The number of rotatable bonds is 15. The fourth-order valence-electron chi connectivity index (χ4n) is 3.41. The van der Waals surface area contributed by atoms with Crippen LogP contribution in [0.15, 0.2) is 86.0 Å². The maximum absolute atomic E-state index is 12.6. The number of amides is 2. The number of hydrogen-bond acceptors (Lipinski definition) is 10. The highest BCUT2D eigenvalue weighted by molar-refractivity contribution is 5.98. The summed E-state index contributed by atoms with van der Waals surface area (Å²) >= 11 is 0. The monoisotopic (exact) mass is 578 g/mol. The second-order valence-corrected chi connectivity index (χ2v) is 8.13. The topological polar surface area (TPSA) is 148 Å². The van der Waals surface area contributed by atoms with Gasteiger partial charge in [-0.1, -0.05) is 55.6 Å². The van der Waals surface area contributed by atoms with Gasteiger partial charge in [0, 0.05) is 29.0 Å². The normalized spacial score (nSPS) is 10.1.